The van der Waals surface area contributed by atoms with E-state index in [1.54, 1.807) is 0 Å². The highest BCUT2D eigenvalue weighted by Gasteiger charge is 2.42. The highest BCUT2D eigenvalue weighted by atomic mass is 31.3. The maximum absolute atomic E-state index is 12.4. The summed E-state index contributed by atoms with van der Waals surface area (Å²) in [6.45, 7) is 2.35. The number of aromatic amines is 1. The summed E-state index contributed by atoms with van der Waals surface area (Å²) in [6, 6.07) is 6.00. The lowest BCUT2D eigenvalue weighted by Gasteiger charge is -2.20. The van der Waals surface area contributed by atoms with Crippen molar-refractivity contribution < 1.29 is 55.6 Å². The number of phosphoric ester groups is 2. The molecule has 0 aliphatic carbocycles. The van der Waals surface area contributed by atoms with Crippen molar-refractivity contribution in [2.45, 2.75) is 84.2 Å². The average Bonchev–Trinajstić information content (AvgIpc) is 3.44. The molecule has 2 aromatic rings. The van der Waals surface area contributed by atoms with E-state index in [0.717, 1.165) is 30.3 Å². The molecule has 3 unspecified atom stereocenters. The smallest absolute Gasteiger partial charge is 0.344 e. The van der Waals surface area contributed by atoms with Crippen LogP contribution in [0.4, 0.5) is 0 Å². The number of carbonyl (C=O) groups is 1. The first-order chi connectivity index (χ1) is 21.6. The third-order valence-electron chi connectivity index (χ3n) is 6.72. The molecule has 0 bridgehead atoms. The van der Waals surface area contributed by atoms with Crippen molar-refractivity contribution in [1.82, 2.24) is 9.55 Å². The van der Waals surface area contributed by atoms with Crippen LogP contribution in [0.5, 0.6) is 0 Å². The summed E-state index contributed by atoms with van der Waals surface area (Å²) < 4.78 is 60.8. The summed E-state index contributed by atoms with van der Waals surface area (Å²) in [5, 5.41) is 0. The number of phosphoric acid groups is 3. The largest absolute Gasteiger partial charge is 0.490 e. The minimum absolute atomic E-state index is 0.0409. The first-order valence-corrected chi connectivity index (χ1v) is 19.1. The maximum atomic E-state index is 12.4. The van der Waals surface area contributed by atoms with Crippen LogP contribution in [0.25, 0.3) is 0 Å². The molecule has 0 amide bonds. The summed E-state index contributed by atoms with van der Waals surface area (Å²) in [5.41, 5.74) is -0.326. The molecule has 19 heteroatoms. The first-order valence-electron chi connectivity index (χ1n) is 14.6. The van der Waals surface area contributed by atoms with Gasteiger partial charge in [0.15, 0.2) is 12.0 Å². The van der Waals surface area contributed by atoms with Gasteiger partial charge in [-0.3, -0.25) is 28.2 Å². The fraction of sp³-hybridized carbons (Fsp3) is 0.519. The van der Waals surface area contributed by atoms with E-state index in [4.69, 9.17) is 9.26 Å². The summed E-state index contributed by atoms with van der Waals surface area (Å²) in [5.74, 6) is -0.0409. The molecule has 1 aromatic carbocycles. The molecule has 0 saturated carbocycles. The Hall–Kier alpha value is -2.32. The Morgan fingerprint density at radius 3 is 2.15 bits per heavy atom. The molecule has 0 spiro atoms. The van der Waals surface area contributed by atoms with E-state index in [0.29, 0.717) is 17.5 Å². The van der Waals surface area contributed by atoms with Crippen LogP contribution in [0.15, 0.2) is 52.2 Å². The van der Waals surface area contributed by atoms with Crippen molar-refractivity contribution in [2.24, 2.45) is 0 Å². The Bertz CT molecular complexity index is 1620. The van der Waals surface area contributed by atoms with E-state index in [-0.39, 0.29) is 11.3 Å². The van der Waals surface area contributed by atoms with Crippen LogP contribution in [0.1, 0.15) is 86.0 Å². The number of unbranched alkanes of at least 4 members (excludes halogenated alkanes) is 6. The predicted octanol–water partition coefficient (Wildman–Crippen LogP) is 5.19. The van der Waals surface area contributed by atoms with Crippen LogP contribution >= 0.6 is 23.5 Å². The minimum Gasteiger partial charge on any atom is -0.344 e. The van der Waals surface area contributed by atoms with Gasteiger partial charge in [-0.1, -0.05) is 75.8 Å². The van der Waals surface area contributed by atoms with E-state index >= 15 is 0 Å². The molecule has 3 rings (SSSR count). The van der Waals surface area contributed by atoms with E-state index in [2.05, 4.69) is 25.1 Å². The van der Waals surface area contributed by atoms with E-state index < -0.39 is 60.3 Å². The lowest BCUT2D eigenvalue weighted by Crippen LogP contribution is -2.33. The zero-order valence-electron chi connectivity index (χ0n) is 25.4. The molecule has 5 atom stereocenters. The van der Waals surface area contributed by atoms with Gasteiger partial charge in [0.25, 0.3) is 5.56 Å². The van der Waals surface area contributed by atoms with Gasteiger partial charge in [-0.2, -0.15) is 8.62 Å². The van der Waals surface area contributed by atoms with Crippen LogP contribution in [-0.4, -0.2) is 42.7 Å². The Morgan fingerprint density at radius 2 is 1.50 bits per heavy atom. The molecule has 0 radical (unpaired) electrons. The molecule has 2 heterocycles. The highest BCUT2D eigenvalue weighted by molar-refractivity contribution is 7.66. The van der Waals surface area contributed by atoms with Gasteiger partial charge in [-0.05, 0) is 25.0 Å². The van der Waals surface area contributed by atoms with Gasteiger partial charge >= 0.3 is 29.2 Å². The summed E-state index contributed by atoms with van der Waals surface area (Å²) in [4.78, 5) is 67.7. The van der Waals surface area contributed by atoms with Gasteiger partial charge in [0.1, 0.15) is 6.10 Å². The number of hydrogen-bond donors (Lipinski definition) is 4. The Morgan fingerprint density at radius 1 is 0.891 bits per heavy atom. The fourth-order valence-electron chi connectivity index (χ4n) is 4.34. The monoisotopic (exact) mass is 708 g/mol. The molecule has 0 fully saturated rings. The second-order valence-corrected chi connectivity index (χ2v) is 15.2. The number of benzene rings is 1. The number of nitrogens with zero attached hydrogens (tertiary/aromatic N) is 1. The van der Waals surface area contributed by atoms with Gasteiger partial charge in [0.2, 0.25) is 0 Å². The number of ketones is 1. The quantitative estimate of drug-likeness (QED) is 0.0601. The lowest BCUT2D eigenvalue weighted by atomic mass is 10.0. The van der Waals surface area contributed by atoms with E-state index in [1.807, 2.05) is 0 Å². The standard InChI is InChI=1S/C27H39N2O14P3/c1-3-4-5-6-7-8-9-10-24(30)22-13-11-21(12-14-22)18-39-44(33,34)42-46(37,38)43-45(35,36)40-19-23-15-16-25(41-23)29-17-20(2)26(31)28-27(29)32/h11-17,23,25H,3-10,18-19H2,1-2H3,(H,33,34)(H,35,36)(H,37,38)(H,28,31,32)/t23-,25+/m0/s1. The normalized spacial score (nSPS) is 20.2. The van der Waals surface area contributed by atoms with Crippen molar-refractivity contribution in [3.05, 3.63) is 80.1 Å². The topological polar surface area (TPSA) is 230 Å². The second kappa shape index (κ2) is 17.2. The van der Waals surface area contributed by atoms with Crippen LogP contribution in [0.3, 0.4) is 0 Å². The third kappa shape index (κ3) is 12.7. The SMILES string of the molecule is CCCCCCCCCC(=O)c1ccc(COP(=O)(O)OP(=O)(O)OP(=O)(O)OC[C@@H]2C=C[C@H](n3cc(C)c(=O)[nH]c3=O)O2)cc1. The summed E-state index contributed by atoms with van der Waals surface area (Å²) in [7, 11) is -16.4. The molecular weight excluding hydrogens is 669 g/mol. The number of carbonyl (C=O) groups excluding carboxylic acids is 1. The van der Waals surface area contributed by atoms with Gasteiger partial charge in [0, 0.05) is 23.7 Å². The second-order valence-electron chi connectivity index (χ2n) is 10.6. The number of aryl methyl sites for hydroxylation is 1. The maximum Gasteiger partial charge on any atom is 0.490 e. The molecule has 1 aliphatic rings. The average molecular weight is 709 g/mol. The zero-order chi connectivity index (χ0) is 34.0. The van der Waals surface area contributed by atoms with Crippen molar-refractivity contribution >= 4 is 29.3 Å². The number of nitrogens with one attached hydrogen (secondary N) is 1. The van der Waals surface area contributed by atoms with Crippen LogP contribution in [-0.2, 0) is 42.7 Å². The zero-order valence-corrected chi connectivity index (χ0v) is 28.1. The van der Waals surface area contributed by atoms with Crippen LogP contribution in [0, 0.1) is 6.92 Å². The third-order valence-corrected chi connectivity index (χ3v) is 10.9. The number of aromatic nitrogens is 2. The molecular formula is C27H39N2O14P3. The van der Waals surface area contributed by atoms with Gasteiger partial charge in [0.05, 0.1) is 13.2 Å². The Labute approximate surface area is 265 Å². The number of rotatable bonds is 20. The van der Waals surface area contributed by atoms with Gasteiger partial charge < -0.3 is 19.4 Å². The molecule has 1 aliphatic heterocycles. The predicted molar refractivity (Wildman–Crippen MR) is 165 cm³/mol. The minimum atomic E-state index is -5.70. The van der Waals surface area contributed by atoms with Crippen molar-refractivity contribution in [3.63, 3.8) is 0 Å². The van der Waals surface area contributed by atoms with E-state index in [9.17, 15) is 42.8 Å². The lowest BCUT2D eigenvalue weighted by molar-refractivity contribution is -0.0105. The molecule has 46 heavy (non-hydrogen) atoms. The first kappa shape index (κ1) is 38.1. The molecule has 256 valence electrons. The number of hydrogen-bond acceptors (Lipinski definition) is 11. The molecule has 16 nitrogen and oxygen atoms in total. The van der Waals surface area contributed by atoms with Crippen molar-refractivity contribution in [2.75, 3.05) is 6.61 Å². The van der Waals surface area contributed by atoms with Crippen LogP contribution in [0.2, 0.25) is 0 Å². The Kier molecular flexibility index (Phi) is 14.2. The van der Waals surface area contributed by atoms with Crippen molar-refractivity contribution in [3.8, 4) is 0 Å². The molecule has 4 N–H and O–H groups in total. The van der Waals surface area contributed by atoms with Crippen LogP contribution < -0.4 is 11.2 Å². The fourth-order valence-corrected chi connectivity index (χ4v) is 7.84. The molecule has 1 aromatic heterocycles. The summed E-state index contributed by atoms with van der Waals surface area (Å²) >= 11 is 0. The van der Waals surface area contributed by atoms with Crippen molar-refractivity contribution in [1.29, 1.82) is 0 Å². The number of ether oxygens (including phenoxy) is 1. The Balaban J connectivity index is 1.42. The highest BCUT2D eigenvalue weighted by Crippen LogP contribution is 2.67. The van der Waals surface area contributed by atoms with E-state index in [1.165, 1.54) is 68.8 Å². The van der Waals surface area contributed by atoms with Gasteiger partial charge in [-0.25, -0.2) is 18.5 Å². The summed E-state index contributed by atoms with van der Waals surface area (Å²) in [6.07, 6.45) is 9.97. The van der Waals surface area contributed by atoms with Gasteiger partial charge in [-0.15, -0.1) is 0 Å². The number of Topliss-reactive ketones (excluding diaryl/α,β-unsaturated/α-hetero) is 1. The molecule has 0 saturated heterocycles. The number of H-pyrrole nitrogens is 1.